The second kappa shape index (κ2) is 3.14. The van der Waals surface area contributed by atoms with Gasteiger partial charge in [-0.15, -0.1) is 0 Å². The van der Waals surface area contributed by atoms with Gasteiger partial charge in [0.05, 0.1) is 0 Å². The van der Waals surface area contributed by atoms with Crippen LogP contribution in [-0.2, 0) is 0 Å². The average molecular weight is 242 g/mol. The molecule has 1 saturated heterocycles. The first-order chi connectivity index (χ1) is 4.20. The summed E-state index contributed by atoms with van der Waals surface area (Å²) in [6.07, 6.45) is -0.340. The van der Waals surface area contributed by atoms with Gasteiger partial charge in [-0.3, -0.25) is 10.6 Å². The van der Waals surface area contributed by atoms with Crippen molar-refractivity contribution in [2.24, 2.45) is 5.92 Å². The minimum Gasteiger partial charge on any atom is -0.378 e. The Labute approximate surface area is 68.3 Å². The lowest BCUT2D eigenvalue weighted by atomic mass is 10.1. The minimum absolute atomic E-state index is 0.216. The molecule has 4 heteroatoms. The highest BCUT2D eigenvalue weighted by molar-refractivity contribution is 14.1. The maximum absolute atomic E-state index is 9.19. The number of halogens is 1. The van der Waals surface area contributed by atoms with Crippen LogP contribution >= 0.6 is 22.6 Å². The van der Waals surface area contributed by atoms with Crippen LogP contribution in [0, 0.1) is 5.92 Å². The van der Waals surface area contributed by atoms with Crippen molar-refractivity contribution in [1.29, 1.82) is 0 Å². The largest absolute Gasteiger partial charge is 0.378 e. The summed E-state index contributed by atoms with van der Waals surface area (Å²) < 4.78 is 0.216. The molecule has 1 rings (SSSR count). The third kappa shape index (κ3) is 2.03. The van der Waals surface area contributed by atoms with E-state index in [1.807, 2.05) is 6.92 Å². The molecule has 1 aliphatic heterocycles. The Bertz CT molecular complexity index is 101. The smallest absolute Gasteiger partial charge is 0.113 e. The summed E-state index contributed by atoms with van der Waals surface area (Å²) in [4.78, 5) is 0. The van der Waals surface area contributed by atoms with E-state index in [1.54, 1.807) is 0 Å². The molecule has 0 aliphatic carbocycles. The summed E-state index contributed by atoms with van der Waals surface area (Å²) in [5, 5.41) is 15.3. The van der Waals surface area contributed by atoms with Crippen molar-refractivity contribution in [3.05, 3.63) is 0 Å². The van der Waals surface area contributed by atoms with Gasteiger partial charge in [0.25, 0.3) is 0 Å². The highest BCUT2D eigenvalue weighted by Gasteiger charge is 2.21. The molecule has 0 amide bonds. The van der Waals surface area contributed by atoms with Crippen LogP contribution in [-0.4, -0.2) is 22.1 Å². The third-order valence-electron chi connectivity index (χ3n) is 1.48. The monoisotopic (exact) mass is 242 g/mol. The van der Waals surface area contributed by atoms with Gasteiger partial charge in [0.1, 0.15) is 10.4 Å². The summed E-state index contributed by atoms with van der Waals surface area (Å²) in [6, 6.07) is 0. The summed E-state index contributed by atoms with van der Waals surface area (Å²) in [5.74, 6) is 0.316. The van der Waals surface area contributed by atoms with Crippen LogP contribution in [0.2, 0.25) is 0 Å². The topological polar surface area (TPSA) is 44.3 Å². The summed E-state index contributed by atoms with van der Waals surface area (Å²) in [7, 11) is 0. The summed E-state index contributed by atoms with van der Waals surface area (Å²) in [5.41, 5.74) is 0. The Hall–Kier alpha value is 0.610. The minimum atomic E-state index is -0.340. The predicted octanol–water partition coefficient (Wildman–Crippen LogP) is -0.148. The molecular weight excluding hydrogens is 231 g/mol. The van der Waals surface area contributed by atoms with Crippen LogP contribution in [0.15, 0.2) is 0 Å². The molecule has 0 saturated carbocycles. The van der Waals surface area contributed by atoms with E-state index >= 15 is 0 Å². The maximum atomic E-state index is 9.19. The first-order valence-electron chi connectivity index (χ1n) is 3.01. The van der Waals surface area contributed by atoms with Crippen LogP contribution in [0.3, 0.4) is 0 Å². The lowest BCUT2D eigenvalue weighted by Gasteiger charge is -2.30. The fraction of sp³-hybridized carbons (Fsp3) is 1.00. The van der Waals surface area contributed by atoms with Gasteiger partial charge in [-0.2, -0.15) is 0 Å². The highest BCUT2D eigenvalue weighted by Crippen LogP contribution is 2.07. The maximum Gasteiger partial charge on any atom is 0.113 e. The molecule has 0 radical (unpaired) electrons. The number of nitrogens with one attached hydrogen (secondary N) is 2. The molecule has 0 bridgehead atoms. The Balaban J connectivity index is 2.35. The van der Waals surface area contributed by atoms with E-state index in [1.165, 1.54) is 0 Å². The molecule has 9 heavy (non-hydrogen) atoms. The second-order valence-corrected chi connectivity index (χ2v) is 3.61. The molecule has 1 fully saturated rings. The van der Waals surface area contributed by atoms with Gasteiger partial charge in [-0.25, -0.2) is 0 Å². The zero-order valence-electron chi connectivity index (χ0n) is 5.26. The molecule has 1 aliphatic rings. The van der Waals surface area contributed by atoms with Gasteiger partial charge in [-0.1, -0.05) is 6.92 Å². The zero-order chi connectivity index (χ0) is 6.85. The average Bonchev–Trinajstić information content (AvgIpc) is 1.80. The van der Waals surface area contributed by atoms with Crippen molar-refractivity contribution < 1.29 is 5.11 Å². The standard InChI is InChI=1S/C5H11IN2O/c1-3-2-7-5(6)8-4(3)9/h3-5,7-9H,2H2,1H3. The Kier molecular flexibility index (Phi) is 2.69. The van der Waals surface area contributed by atoms with Crippen LogP contribution in [0.4, 0.5) is 0 Å². The lowest BCUT2D eigenvalue weighted by Crippen LogP contribution is -2.54. The highest BCUT2D eigenvalue weighted by atomic mass is 127. The molecule has 0 aromatic carbocycles. The van der Waals surface area contributed by atoms with Crippen molar-refractivity contribution in [3.63, 3.8) is 0 Å². The van der Waals surface area contributed by atoms with E-state index in [0.717, 1.165) is 6.54 Å². The number of hydrogen-bond acceptors (Lipinski definition) is 3. The molecule has 54 valence electrons. The first kappa shape index (κ1) is 7.71. The van der Waals surface area contributed by atoms with E-state index in [4.69, 9.17) is 0 Å². The van der Waals surface area contributed by atoms with Crippen LogP contribution in [0.5, 0.6) is 0 Å². The fourth-order valence-corrected chi connectivity index (χ4v) is 1.40. The summed E-state index contributed by atoms with van der Waals surface area (Å²) >= 11 is 2.20. The van der Waals surface area contributed by atoms with Crippen molar-refractivity contribution >= 4 is 22.6 Å². The molecule has 1 heterocycles. The van der Waals surface area contributed by atoms with Crippen molar-refractivity contribution in [2.45, 2.75) is 17.3 Å². The number of hydrogen-bond donors (Lipinski definition) is 3. The van der Waals surface area contributed by atoms with Crippen LogP contribution < -0.4 is 10.6 Å². The molecule has 3 atom stereocenters. The van der Waals surface area contributed by atoms with Crippen LogP contribution in [0.1, 0.15) is 6.92 Å². The Morgan fingerprint density at radius 3 is 2.78 bits per heavy atom. The van der Waals surface area contributed by atoms with Crippen molar-refractivity contribution in [2.75, 3.05) is 6.54 Å². The zero-order valence-corrected chi connectivity index (χ0v) is 7.42. The number of rotatable bonds is 0. The van der Waals surface area contributed by atoms with E-state index in [9.17, 15) is 5.11 Å². The molecule has 3 nitrogen and oxygen atoms in total. The normalized spacial score (nSPS) is 45.0. The quantitative estimate of drug-likeness (QED) is 0.314. The SMILES string of the molecule is CC1CNC(I)NC1O. The van der Waals surface area contributed by atoms with Gasteiger partial charge in [0.15, 0.2) is 0 Å². The molecule has 0 aromatic rings. The van der Waals surface area contributed by atoms with E-state index in [-0.39, 0.29) is 10.4 Å². The van der Waals surface area contributed by atoms with Gasteiger partial charge in [-0.05, 0) is 22.6 Å². The predicted molar refractivity (Wildman–Crippen MR) is 44.1 cm³/mol. The third-order valence-corrected chi connectivity index (χ3v) is 2.28. The number of aliphatic hydroxyl groups is 1. The van der Waals surface area contributed by atoms with Gasteiger partial charge in [0.2, 0.25) is 0 Å². The van der Waals surface area contributed by atoms with E-state index in [2.05, 4.69) is 33.2 Å². The molecule has 0 aromatic heterocycles. The summed E-state index contributed by atoms with van der Waals surface area (Å²) in [6.45, 7) is 2.90. The second-order valence-electron chi connectivity index (χ2n) is 2.36. The van der Waals surface area contributed by atoms with Crippen molar-refractivity contribution in [1.82, 2.24) is 10.6 Å². The molecule has 3 N–H and O–H groups in total. The van der Waals surface area contributed by atoms with Gasteiger partial charge >= 0.3 is 0 Å². The Morgan fingerprint density at radius 2 is 2.33 bits per heavy atom. The number of alkyl halides is 1. The molecule has 0 spiro atoms. The number of aliphatic hydroxyl groups excluding tert-OH is 1. The van der Waals surface area contributed by atoms with E-state index < -0.39 is 0 Å². The molecular formula is C5H11IN2O. The lowest BCUT2D eigenvalue weighted by molar-refractivity contribution is 0.0562. The van der Waals surface area contributed by atoms with Gasteiger partial charge in [0, 0.05) is 12.5 Å². The first-order valence-corrected chi connectivity index (χ1v) is 4.26. The van der Waals surface area contributed by atoms with Crippen LogP contribution in [0.25, 0.3) is 0 Å². The molecule has 3 unspecified atom stereocenters. The Morgan fingerprint density at radius 1 is 1.67 bits per heavy atom. The van der Waals surface area contributed by atoms with Crippen molar-refractivity contribution in [3.8, 4) is 0 Å². The fourth-order valence-electron chi connectivity index (χ4n) is 0.774. The van der Waals surface area contributed by atoms with Gasteiger partial charge < -0.3 is 5.11 Å². The van der Waals surface area contributed by atoms with E-state index in [0.29, 0.717) is 5.92 Å².